The number of amides is 1. The van der Waals surface area contributed by atoms with Crippen LogP contribution in [0.2, 0.25) is 0 Å². The van der Waals surface area contributed by atoms with Crippen molar-refractivity contribution >= 4 is 17.7 Å². The van der Waals surface area contributed by atoms with E-state index in [1.54, 1.807) is 33.8 Å². The molecule has 0 aromatic heterocycles. The van der Waals surface area contributed by atoms with Crippen molar-refractivity contribution < 1.29 is 28.2 Å². The van der Waals surface area contributed by atoms with Crippen LogP contribution in [0.3, 0.4) is 0 Å². The quantitative estimate of drug-likeness (QED) is 0.850. The first-order chi connectivity index (χ1) is 10.5. The predicted octanol–water partition coefficient (Wildman–Crippen LogP) is 4.17. The van der Waals surface area contributed by atoms with Crippen LogP contribution in [0.1, 0.15) is 44.2 Å². The number of alkyl halides is 2. The van der Waals surface area contributed by atoms with E-state index in [0.29, 0.717) is 11.3 Å². The lowest BCUT2D eigenvalue weighted by molar-refractivity contribution is -0.138. The van der Waals surface area contributed by atoms with Crippen LogP contribution in [0.25, 0.3) is 0 Å². The van der Waals surface area contributed by atoms with Crippen LogP contribution in [0.15, 0.2) is 18.2 Å². The molecule has 0 radical (unpaired) electrons. The van der Waals surface area contributed by atoms with Crippen molar-refractivity contribution in [3.05, 3.63) is 29.3 Å². The summed E-state index contributed by atoms with van der Waals surface area (Å²) >= 11 is 0. The summed E-state index contributed by atoms with van der Waals surface area (Å²) < 4.78 is 31.3. The van der Waals surface area contributed by atoms with Crippen molar-refractivity contribution in [3.63, 3.8) is 0 Å². The summed E-state index contributed by atoms with van der Waals surface area (Å²) in [6, 6.07) is 4.35. The summed E-state index contributed by atoms with van der Waals surface area (Å²) in [6.07, 6.45) is -4.21. The summed E-state index contributed by atoms with van der Waals surface area (Å²) in [4.78, 5) is 22.5. The van der Waals surface area contributed by atoms with E-state index in [4.69, 9.17) is 9.84 Å². The normalized spacial score (nSPS) is 12.8. The number of aliphatic carboxylic acids is 1. The smallest absolute Gasteiger partial charge is 0.412 e. The monoisotopic (exact) mass is 329 g/mol. The molecule has 128 valence electrons. The summed E-state index contributed by atoms with van der Waals surface area (Å²) in [5.74, 6) is -2.75. The van der Waals surface area contributed by atoms with Crippen LogP contribution in [0, 0.1) is 6.92 Å². The number of carboxylic acid groups (broad SMARTS) is 1. The molecule has 0 heterocycles. The van der Waals surface area contributed by atoms with Gasteiger partial charge in [0.15, 0.2) is 0 Å². The van der Waals surface area contributed by atoms with E-state index >= 15 is 0 Å². The molecule has 1 unspecified atom stereocenters. The van der Waals surface area contributed by atoms with Crippen LogP contribution in [-0.4, -0.2) is 29.2 Å². The van der Waals surface area contributed by atoms with E-state index < -0.39 is 36.4 Å². The Morgan fingerprint density at radius 3 is 2.39 bits per heavy atom. The molecule has 23 heavy (non-hydrogen) atoms. The highest BCUT2D eigenvalue weighted by Crippen LogP contribution is 2.30. The van der Waals surface area contributed by atoms with Crippen LogP contribution < -0.4 is 5.32 Å². The van der Waals surface area contributed by atoms with E-state index in [-0.39, 0.29) is 5.56 Å². The largest absolute Gasteiger partial charge is 0.481 e. The molecule has 0 bridgehead atoms. The van der Waals surface area contributed by atoms with Gasteiger partial charge < -0.3 is 9.84 Å². The first-order valence-electron chi connectivity index (χ1n) is 7.10. The molecule has 1 aromatic rings. The van der Waals surface area contributed by atoms with Crippen molar-refractivity contribution in [1.82, 2.24) is 0 Å². The molecule has 0 aliphatic heterocycles. The minimum atomic E-state index is -2.82. The maximum Gasteiger partial charge on any atom is 0.412 e. The Balaban J connectivity index is 3.02. The first kappa shape index (κ1) is 18.9. The standard InChI is InChI=1S/C16H21F2NO4/c1-9-5-6-10(11(14(17)18)8-13(20)21)7-12(9)19-15(22)23-16(2,3)4/h5-7,11,14H,8H2,1-4H3,(H,19,22)(H,20,21). The van der Waals surface area contributed by atoms with Crippen LogP contribution >= 0.6 is 0 Å². The fraction of sp³-hybridized carbons (Fsp3) is 0.500. The van der Waals surface area contributed by atoms with E-state index in [2.05, 4.69) is 5.32 Å². The zero-order valence-electron chi connectivity index (χ0n) is 13.5. The average Bonchev–Trinajstić information content (AvgIpc) is 2.36. The highest BCUT2D eigenvalue weighted by atomic mass is 19.3. The number of carbonyl (C=O) groups is 2. The molecule has 0 fully saturated rings. The number of aryl methyl sites for hydroxylation is 1. The number of rotatable bonds is 5. The lowest BCUT2D eigenvalue weighted by Crippen LogP contribution is -2.27. The van der Waals surface area contributed by atoms with Crippen molar-refractivity contribution in [1.29, 1.82) is 0 Å². The molecule has 0 saturated carbocycles. The number of carboxylic acids is 1. The van der Waals surface area contributed by atoms with Crippen molar-refractivity contribution in [2.75, 3.05) is 5.32 Å². The number of hydrogen-bond acceptors (Lipinski definition) is 3. The van der Waals surface area contributed by atoms with Gasteiger partial charge in [-0.1, -0.05) is 12.1 Å². The van der Waals surface area contributed by atoms with Crippen molar-refractivity contribution in [2.24, 2.45) is 0 Å². The van der Waals surface area contributed by atoms with E-state index in [9.17, 15) is 18.4 Å². The molecular weight excluding hydrogens is 308 g/mol. The second-order valence-corrected chi connectivity index (χ2v) is 6.24. The Bertz CT molecular complexity index is 582. The number of ether oxygens (including phenoxy) is 1. The van der Waals surface area contributed by atoms with Gasteiger partial charge in [0.1, 0.15) is 5.60 Å². The summed E-state index contributed by atoms with van der Waals surface area (Å²) in [7, 11) is 0. The fourth-order valence-corrected chi connectivity index (χ4v) is 1.96. The lowest BCUT2D eigenvalue weighted by atomic mass is 9.94. The number of benzene rings is 1. The first-order valence-corrected chi connectivity index (χ1v) is 7.10. The fourth-order valence-electron chi connectivity index (χ4n) is 1.96. The van der Waals surface area contributed by atoms with Gasteiger partial charge in [-0.15, -0.1) is 0 Å². The maximum absolute atomic E-state index is 13.1. The number of carbonyl (C=O) groups excluding carboxylic acids is 1. The highest BCUT2D eigenvalue weighted by Gasteiger charge is 2.26. The molecule has 1 atom stereocenters. The second kappa shape index (κ2) is 7.39. The molecular formula is C16H21F2NO4. The van der Waals surface area contributed by atoms with E-state index in [0.717, 1.165) is 0 Å². The second-order valence-electron chi connectivity index (χ2n) is 6.24. The van der Waals surface area contributed by atoms with E-state index in [1.165, 1.54) is 12.1 Å². The van der Waals surface area contributed by atoms with Gasteiger partial charge in [0.2, 0.25) is 6.43 Å². The Hall–Kier alpha value is -2.18. The number of anilines is 1. The molecule has 1 rings (SSSR count). The van der Waals surface area contributed by atoms with Crippen molar-refractivity contribution in [3.8, 4) is 0 Å². The Labute approximate surface area is 133 Å². The Morgan fingerprint density at radius 2 is 1.91 bits per heavy atom. The van der Waals surface area contributed by atoms with Crippen LogP contribution in [0.5, 0.6) is 0 Å². The minimum absolute atomic E-state index is 0.152. The van der Waals surface area contributed by atoms with Gasteiger partial charge in [0, 0.05) is 5.69 Å². The zero-order valence-corrected chi connectivity index (χ0v) is 13.5. The molecule has 1 aromatic carbocycles. The molecule has 0 spiro atoms. The van der Waals surface area contributed by atoms with Gasteiger partial charge in [-0.2, -0.15) is 0 Å². The maximum atomic E-state index is 13.1. The van der Waals surface area contributed by atoms with Gasteiger partial charge in [-0.25, -0.2) is 13.6 Å². The molecule has 0 aliphatic carbocycles. The van der Waals surface area contributed by atoms with Gasteiger partial charge >= 0.3 is 12.1 Å². The third-order valence-corrected chi connectivity index (χ3v) is 3.02. The molecule has 2 N–H and O–H groups in total. The van der Waals surface area contributed by atoms with Gasteiger partial charge in [-0.3, -0.25) is 10.1 Å². The summed E-state index contributed by atoms with van der Waals surface area (Å²) in [6.45, 7) is 6.81. The lowest BCUT2D eigenvalue weighted by Gasteiger charge is -2.21. The number of hydrogen-bond donors (Lipinski definition) is 2. The SMILES string of the molecule is Cc1ccc(C(CC(=O)O)C(F)F)cc1NC(=O)OC(C)(C)C. The summed E-state index contributed by atoms with van der Waals surface area (Å²) in [5, 5.41) is 11.3. The van der Waals surface area contributed by atoms with Gasteiger partial charge in [-0.05, 0) is 44.9 Å². The van der Waals surface area contributed by atoms with Gasteiger partial charge in [0.25, 0.3) is 0 Å². The van der Waals surface area contributed by atoms with Gasteiger partial charge in [0.05, 0.1) is 12.3 Å². The highest BCUT2D eigenvalue weighted by molar-refractivity contribution is 5.86. The van der Waals surface area contributed by atoms with Crippen LogP contribution in [-0.2, 0) is 9.53 Å². The van der Waals surface area contributed by atoms with Crippen molar-refractivity contribution in [2.45, 2.75) is 52.1 Å². The molecule has 7 heteroatoms. The molecule has 1 amide bonds. The van der Waals surface area contributed by atoms with Crippen LogP contribution in [0.4, 0.5) is 19.3 Å². The zero-order chi connectivity index (χ0) is 17.8. The molecule has 5 nitrogen and oxygen atoms in total. The molecule has 0 saturated heterocycles. The topological polar surface area (TPSA) is 75.6 Å². The Morgan fingerprint density at radius 1 is 1.30 bits per heavy atom. The molecule has 0 aliphatic rings. The number of halogens is 2. The Kier molecular flexibility index (Phi) is 6.06. The summed E-state index contributed by atoms with van der Waals surface area (Å²) in [5.41, 5.74) is 0.430. The third-order valence-electron chi connectivity index (χ3n) is 3.02. The predicted molar refractivity (Wildman–Crippen MR) is 82.0 cm³/mol. The number of nitrogens with one attached hydrogen (secondary N) is 1. The van der Waals surface area contributed by atoms with E-state index in [1.807, 2.05) is 0 Å². The minimum Gasteiger partial charge on any atom is -0.481 e. The third kappa shape index (κ3) is 6.22. The average molecular weight is 329 g/mol.